The third-order valence-corrected chi connectivity index (χ3v) is 6.18. The number of aryl methyl sites for hydroxylation is 1. The van der Waals surface area contributed by atoms with Crippen molar-refractivity contribution in [2.45, 2.75) is 64.5 Å². The summed E-state index contributed by atoms with van der Waals surface area (Å²) in [7, 11) is 3.55. The van der Waals surface area contributed by atoms with E-state index in [2.05, 4.69) is 21.2 Å². The first-order chi connectivity index (χ1) is 18.1. The number of hydrogen-bond donors (Lipinski definition) is 0. The highest BCUT2D eigenvalue weighted by molar-refractivity contribution is 5.92. The number of pyridine rings is 3. The van der Waals surface area contributed by atoms with Crippen LogP contribution < -0.4 is 10.5 Å². The molecular formula is C28H32FN7O2. The summed E-state index contributed by atoms with van der Waals surface area (Å²) in [5.41, 5.74) is 2.03. The Morgan fingerprint density at radius 1 is 1.16 bits per heavy atom. The Balaban J connectivity index is 0.000000244. The molecule has 1 aliphatic carbocycles. The number of rotatable bonds is 4. The number of nitrogens with zero attached hydrogens (tertiary/aromatic N) is 7. The molecule has 0 amide bonds. The molecule has 198 valence electrons. The lowest BCUT2D eigenvalue weighted by atomic mass is 9.93. The van der Waals surface area contributed by atoms with Crippen molar-refractivity contribution in [1.29, 1.82) is 10.5 Å². The Kier molecular flexibility index (Phi) is 9.14. The molecule has 38 heavy (non-hydrogen) atoms. The van der Waals surface area contributed by atoms with E-state index < -0.39 is 0 Å². The zero-order valence-electron chi connectivity index (χ0n) is 22.4. The number of fused-ring (bicyclic) bond motifs is 1. The van der Waals surface area contributed by atoms with Gasteiger partial charge in [-0.15, -0.1) is 0 Å². The molecule has 0 N–H and O–H groups in total. The topological polar surface area (TPSA) is 120 Å². The van der Waals surface area contributed by atoms with Crippen LogP contribution >= 0.6 is 0 Å². The molecule has 9 nitrogen and oxygen atoms in total. The maximum atomic E-state index is 12.6. The highest BCUT2D eigenvalue weighted by Gasteiger charge is 2.25. The SMILES string of the molecule is CC(C)(C)O/N=C\c1ccc(F)cn1.CN(c1c(C#N)c(=O)n(C)c2ccc(C#N)nc12)C1CCCCC1. The average molecular weight is 518 g/mol. The zero-order chi connectivity index (χ0) is 27.9. The van der Waals surface area contributed by atoms with E-state index in [1.165, 1.54) is 29.3 Å². The molecule has 1 saturated carbocycles. The monoisotopic (exact) mass is 517 g/mol. The molecule has 3 heterocycles. The van der Waals surface area contributed by atoms with Crippen molar-refractivity contribution in [2.24, 2.45) is 12.2 Å². The van der Waals surface area contributed by atoms with E-state index in [0.29, 0.717) is 22.4 Å². The second-order valence-corrected chi connectivity index (χ2v) is 10.1. The quantitative estimate of drug-likeness (QED) is 0.359. The summed E-state index contributed by atoms with van der Waals surface area (Å²) in [6.07, 6.45) is 8.19. The summed E-state index contributed by atoms with van der Waals surface area (Å²) in [5, 5.41) is 22.5. The van der Waals surface area contributed by atoms with Crippen LogP contribution in [0.3, 0.4) is 0 Å². The number of oxime groups is 1. The minimum absolute atomic E-state index is 0.0978. The van der Waals surface area contributed by atoms with Crippen LogP contribution in [-0.4, -0.2) is 39.4 Å². The van der Waals surface area contributed by atoms with Gasteiger partial charge in [-0.05, 0) is 57.9 Å². The van der Waals surface area contributed by atoms with Crippen LogP contribution in [0.15, 0.2) is 40.4 Å². The van der Waals surface area contributed by atoms with Gasteiger partial charge < -0.3 is 14.3 Å². The van der Waals surface area contributed by atoms with Gasteiger partial charge in [-0.1, -0.05) is 24.4 Å². The maximum absolute atomic E-state index is 12.6. The van der Waals surface area contributed by atoms with E-state index in [1.54, 1.807) is 19.2 Å². The first-order valence-electron chi connectivity index (χ1n) is 12.5. The highest BCUT2D eigenvalue weighted by Crippen LogP contribution is 2.32. The molecule has 3 aromatic heterocycles. The predicted molar refractivity (Wildman–Crippen MR) is 144 cm³/mol. The number of anilines is 1. The molecule has 0 radical (unpaired) electrons. The lowest BCUT2D eigenvalue weighted by Gasteiger charge is -2.33. The lowest BCUT2D eigenvalue weighted by Crippen LogP contribution is -2.36. The van der Waals surface area contributed by atoms with E-state index in [0.717, 1.165) is 31.9 Å². The van der Waals surface area contributed by atoms with Gasteiger partial charge in [-0.3, -0.25) is 9.78 Å². The number of halogens is 1. The van der Waals surface area contributed by atoms with Crippen LogP contribution in [0.5, 0.6) is 0 Å². The van der Waals surface area contributed by atoms with Gasteiger partial charge >= 0.3 is 0 Å². The number of aromatic nitrogens is 3. The molecule has 1 fully saturated rings. The van der Waals surface area contributed by atoms with Gasteiger partial charge in [-0.2, -0.15) is 10.5 Å². The minimum atomic E-state index is -0.362. The summed E-state index contributed by atoms with van der Waals surface area (Å²) >= 11 is 0. The fraction of sp³-hybridized carbons (Fsp3) is 0.429. The fourth-order valence-corrected chi connectivity index (χ4v) is 4.25. The highest BCUT2D eigenvalue weighted by atomic mass is 19.1. The van der Waals surface area contributed by atoms with Gasteiger partial charge in [0.05, 0.1) is 29.3 Å². The minimum Gasteiger partial charge on any atom is -0.390 e. The third kappa shape index (κ3) is 6.92. The van der Waals surface area contributed by atoms with Crippen LogP contribution in [0.25, 0.3) is 11.0 Å². The fourth-order valence-electron chi connectivity index (χ4n) is 4.25. The molecule has 0 aromatic carbocycles. The van der Waals surface area contributed by atoms with Crippen molar-refractivity contribution in [3.05, 3.63) is 63.6 Å². The Morgan fingerprint density at radius 3 is 2.45 bits per heavy atom. The first kappa shape index (κ1) is 28.3. The first-order valence-corrected chi connectivity index (χ1v) is 12.5. The zero-order valence-corrected chi connectivity index (χ0v) is 22.4. The normalized spacial score (nSPS) is 13.9. The van der Waals surface area contributed by atoms with E-state index in [9.17, 15) is 14.4 Å². The Bertz CT molecular complexity index is 1440. The number of hydrogen-bond acceptors (Lipinski definition) is 8. The van der Waals surface area contributed by atoms with E-state index in [-0.39, 0.29) is 34.3 Å². The van der Waals surface area contributed by atoms with Gasteiger partial charge in [-0.25, -0.2) is 9.37 Å². The summed E-state index contributed by atoms with van der Waals surface area (Å²) in [6, 6.07) is 10.6. The van der Waals surface area contributed by atoms with Gasteiger partial charge in [0.15, 0.2) is 0 Å². The van der Waals surface area contributed by atoms with Gasteiger partial charge in [0, 0.05) is 20.1 Å². The molecule has 0 saturated heterocycles. The summed E-state index contributed by atoms with van der Waals surface area (Å²) < 4.78 is 13.9. The van der Waals surface area contributed by atoms with Crippen LogP contribution in [0, 0.1) is 28.5 Å². The van der Waals surface area contributed by atoms with Crippen molar-refractivity contribution >= 4 is 22.9 Å². The van der Waals surface area contributed by atoms with Crippen molar-refractivity contribution in [2.75, 3.05) is 11.9 Å². The molecule has 4 rings (SSSR count). The second-order valence-electron chi connectivity index (χ2n) is 10.1. The predicted octanol–water partition coefficient (Wildman–Crippen LogP) is 4.82. The molecular weight excluding hydrogens is 485 g/mol. The smallest absolute Gasteiger partial charge is 0.270 e. The van der Waals surface area contributed by atoms with Crippen LogP contribution in [-0.2, 0) is 11.9 Å². The molecule has 3 aromatic rings. The Labute approximate surface area is 221 Å². The molecule has 0 spiro atoms. The molecule has 0 aliphatic heterocycles. The van der Waals surface area contributed by atoms with Crippen LogP contribution in [0.4, 0.5) is 10.1 Å². The molecule has 0 bridgehead atoms. The van der Waals surface area contributed by atoms with E-state index in [1.807, 2.05) is 38.8 Å². The molecule has 10 heteroatoms. The largest absolute Gasteiger partial charge is 0.390 e. The van der Waals surface area contributed by atoms with Crippen molar-refractivity contribution < 1.29 is 9.23 Å². The van der Waals surface area contributed by atoms with Crippen LogP contribution in [0.1, 0.15) is 69.8 Å². The molecule has 1 aliphatic rings. The van der Waals surface area contributed by atoms with Crippen molar-refractivity contribution in [1.82, 2.24) is 14.5 Å². The number of nitriles is 2. The maximum Gasteiger partial charge on any atom is 0.270 e. The van der Waals surface area contributed by atoms with Crippen LogP contribution in [0.2, 0.25) is 0 Å². The second kappa shape index (κ2) is 12.3. The average Bonchev–Trinajstić information content (AvgIpc) is 2.91. The van der Waals surface area contributed by atoms with Gasteiger partial charge in [0.25, 0.3) is 5.56 Å². The third-order valence-electron chi connectivity index (χ3n) is 6.18. The van der Waals surface area contributed by atoms with E-state index in [4.69, 9.17) is 10.1 Å². The van der Waals surface area contributed by atoms with Gasteiger partial charge in [0.1, 0.15) is 40.3 Å². The van der Waals surface area contributed by atoms with Gasteiger partial charge in [0.2, 0.25) is 0 Å². The lowest BCUT2D eigenvalue weighted by molar-refractivity contribution is 0.00196. The molecule has 0 unspecified atom stereocenters. The van der Waals surface area contributed by atoms with E-state index >= 15 is 0 Å². The Morgan fingerprint density at radius 2 is 1.87 bits per heavy atom. The summed E-state index contributed by atoms with van der Waals surface area (Å²) in [4.78, 5) is 27.9. The molecule has 0 atom stereocenters. The standard InChI is InChI=1S/C18H19N5O.C10H13FN2O/c1-22(13-6-4-3-5-7-13)17-14(11-20)18(24)23(2)15-9-8-12(10-19)21-16(15)17;1-10(2,3)14-13-7-9-5-4-8(11)6-12-9/h8-9,13H,3-7H2,1-2H3;4-7H,1-3H3/b;13-7-. The summed E-state index contributed by atoms with van der Waals surface area (Å²) in [6.45, 7) is 5.67. The van der Waals surface area contributed by atoms with Crippen molar-refractivity contribution in [3.63, 3.8) is 0 Å². The van der Waals surface area contributed by atoms with Crippen molar-refractivity contribution in [3.8, 4) is 12.1 Å². The Hall–Kier alpha value is -4.31. The summed E-state index contributed by atoms with van der Waals surface area (Å²) in [5.74, 6) is -0.362.